The number of nitrogens with one attached hydrogen (secondary N) is 4. The normalized spacial score (nSPS) is 15.8. The van der Waals surface area contributed by atoms with Crippen LogP contribution >= 0.6 is 0 Å². The average Bonchev–Trinajstić information content (AvgIpc) is 3.38. The van der Waals surface area contributed by atoms with Crippen LogP contribution in [0.2, 0.25) is 0 Å². The third-order valence-electron chi connectivity index (χ3n) is 6.18. The molecule has 1 aromatic heterocycles. The van der Waals surface area contributed by atoms with Crippen LogP contribution in [0.25, 0.3) is 0 Å². The second kappa shape index (κ2) is 14.1. The summed E-state index contributed by atoms with van der Waals surface area (Å²) < 4.78 is 0. The van der Waals surface area contributed by atoms with Crippen LogP contribution in [-0.4, -0.2) is 79.2 Å². The summed E-state index contributed by atoms with van der Waals surface area (Å²) in [6.07, 6.45) is 2.17. The summed E-state index contributed by atoms with van der Waals surface area (Å²) >= 11 is 0. The van der Waals surface area contributed by atoms with Gasteiger partial charge in [0, 0.05) is 24.7 Å². The number of hydrogen-bond acceptors (Lipinski definition) is 8. The predicted molar refractivity (Wildman–Crippen MR) is 137 cm³/mol. The lowest BCUT2D eigenvalue weighted by molar-refractivity contribution is -0.144. The number of aromatic nitrogens is 2. The van der Waals surface area contributed by atoms with E-state index in [1.807, 2.05) is 0 Å². The number of aliphatic hydroxyl groups excluding tert-OH is 1. The maximum Gasteiger partial charge on any atom is 0.326 e. The van der Waals surface area contributed by atoms with Crippen molar-refractivity contribution in [1.82, 2.24) is 25.9 Å². The highest BCUT2D eigenvalue weighted by atomic mass is 16.4. The van der Waals surface area contributed by atoms with Gasteiger partial charge in [-0.2, -0.15) is 0 Å². The lowest BCUT2D eigenvalue weighted by Crippen LogP contribution is -2.60. The fourth-order valence-electron chi connectivity index (χ4n) is 3.67. The quantitative estimate of drug-likeness (QED) is 0.152. The van der Waals surface area contributed by atoms with Crippen LogP contribution in [0.5, 0.6) is 5.75 Å². The highest BCUT2D eigenvalue weighted by molar-refractivity contribution is 5.94. The second-order valence-electron chi connectivity index (χ2n) is 9.26. The molecule has 208 valence electrons. The molecule has 0 aliphatic carbocycles. The standard InChI is InChI=1S/C25H36N6O7/c1-4-13(2)20(25(37)38)30-24(36)21(14(3)32)31-23(35)19(9-15-5-7-17(33)8-6-15)29-22(34)18(26)10-16-11-27-12-28-16/h5-8,11-14,18-21,32-33H,4,9-10,26H2,1-3H3,(H,27,28)(H,29,34)(H,30,36)(H,31,35)(H,37,38). The summed E-state index contributed by atoms with van der Waals surface area (Å²) in [5.74, 6) is -3.95. The molecular weight excluding hydrogens is 496 g/mol. The van der Waals surface area contributed by atoms with Crippen molar-refractivity contribution in [2.75, 3.05) is 0 Å². The van der Waals surface area contributed by atoms with E-state index in [-0.39, 0.29) is 18.6 Å². The number of imidazole rings is 1. The first-order valence-corrected chi connectivity index (χ1v) is 12.3. The van der Waals surface area contributed by atoms with Crippen LogP contribution in [0.4, 0.5) is 0 Å². The van der Waals surface area contributed by atoms with Gasteiger partial charge in [-0.3, -0.25) is 14.4 Å². The van der Waals surface area contributed by atoms with Crippen LogP contribution in [0.15, 0.2) is 36.8 Å². The molecule has 38 heavy (non-hydrogen) atoms. The number of nitrogens with two attached hydrogens (primary N) is 1. The molecular formula is C25H36N6O7. The van der Waals surface area contributed by atoms with Gasteiger partial charge in [0.15, 0.2) is 0 Å². The SMILES string of the molecule is CCC(C)C(NC(=O)C(NC(=O)C(Cc1ccc(O)cc1)NC(=O)C(N)Cc1cnc[nH]1)C(C)O)C(=O)O. The zero-order chi connectivity index (χ0) is 28.4. The van der Waals surface area contributed by atoms with Crippen LogP contribution in [0, 0.1) is 5.92 Å². The monoisotopic (exact) mass is 532 g/mol. The van der Waals surface area contributed by atoms with Crippen molar-refractivity contribution in [3.63, 3.8) is 0 Å². The molecule has 1 heterocycles. The van der Waals surface area contributed by atoms with E-state index in [2.05, 4.69) is 25.9 Å². The molecule has 0 aliphatic rings. The first-order valence-electron chi connectivity index (χ1n) is 12.3. The molecule has 0 saturated heterocycles. The Bertz CT molecular complexity index is 1070. The fourth-order valence-corrected chi connectivity index (χ4v) is 3.67. The van der Waals surface area contributed by atoms with E-state index < -0.39 is 59.9 Å². The fraction of sp³-hybridized carbons (Fsp3) is 0.480. The minimum Gasteiger partial charge on any atom is -0.508 e. The Morgan fingerprint density at radius 1 is 0.974 bits per heavy atom. The number of benzene rings is 1. The second-order valence-corrected chi connectivity index (χ2v) is 9.26. The number of phenolic OH excluding ortho intramolecular Hbond substituents is 1. The Morgan fingerprint density at radius 2 is 1.61 bits per heavy atom. The van der Waals surface area contributed by atoms with Crippen molar-refractivity contribution in [3.05, 3.63) is 48.0 Å². The van der Waals surface area contributed by atoms with Gasteiger partial charge in [-0.1, -0.05) is 32.4 Å². The van der Waals surface area contributed by atoms with Gasteiger partial charge in [-0.25, -0.2) is 9.78 Å². The third kappa shape index (κ3) is 8.85. The summed E-state index contributed by atoms with van der Waals surface area (Å²) in [6.45, 7) is 4.70. The molecule has 1 aromatic carbocycles. The van der Waals surface area contributed by atoms with Gasteiger partial charge in [0.05, 0.1) is 18.5 Å². The number of aliphatic carboxylic acids is 1. The molecule has 3 amide bonds. The van der Waals surface area contributed by atoms with Gasteiger partial charge >= 0.3 is 5.97 Å². The number of carboxylic acid groups (broad SMARTS) is 1. The van der Waals surface area contributed by atoms with Crippen LogP contribution in [-0.2, 0) is 32.0 Å². The molecule has 13 nitrogen and oxygen atoms in total. The maximum absolute atomic E-state index is 13.3. The Balaban J connectivity index is 2.21. The number of aliphatic hydroxyl groups is 1. The number of nitrogens with zero attached hydrogens (tertiary/aromatic N) is 1. The molecule has 6 unspecified atom stereocenters. The molecule has 0 radical (unpaired) electrons. The highest BCUT2D eigenvalue weighted by Gasteiger charge is 2.34. The summed E-state index contributed by atoms with van der Waals surface area (Å²) in [4.78, 5) is 57.3. The summed E-state index contributed by atoms with van der Waals surface area (Å²) in [5.41, 5.74) is 7.22. The van der Waals surface area contributed by atoms with Gasteiger partial charge in [0.25, 0.3) is 0 Å². The number of hydrogen-bond donors (Lipinski definition) is 8. The molecule has 6 atom stereocenters. The molecule has 0 spiro atoms. The van der Waals surface area contributed by atoms with E-state index >= 15 is 0 Å². The topological polar surface area (TPSA) is 220 Å². The number of phenols is 1. The van der Waals surface area contributed by atoms with E-state index in [1.54, 1.807) is 26.0 Å². The van der Waals surface area contributed by atoms with Crippen LogP contribution in [0.3, 0.4) is 0 Å². The molecule has 0 saturated carbocycles. The van der Waals surface area contributed by atoms with Crippen molar-refractivity contribution in [3.8, 4) is 5.75 Å². The third-order valence-corrected chi connectivity index (χ3v) is 6.18. The smallest absolute Gasteiger partial charge is 0.326 e. The predicted octanol–water partition coefficient (Wildman–Crippen LogP) is -0.806. The van der Waals surface area contributed by atoms with E-state index in [9.17, 15) is 34.5 Å². The summed E-state index contributed by atoms with van der Waals surface area (Å²) in [7, 11) is 0. The summed E-state index contributed by atoms with van der Waals surface area (Å²) in [5, 5.41) is 36.7. The Kier molecular flexibility index (Phi) is 11.2. The molecule has 13 heteroatoms. The van der Waals surface area contributed by atoms with E-state index in [1.165, 1.54) is 31.6 Å². The Labute approximate surface area is 220 Å². The molecule has 9 N–H and O–H groups in total. The number of carboxylic acids is 1. The van der Waals surface area contributed by atoms with Crippen molar-refractivity contribution in [2.45, 2.75) is 70.3 Å². The minimum absolute atomic E-state index is 0.0144. The zero-order valence-electron chi connectivity index (χ0n) is 21.5. The van der Waals surface area contributed by atoms with Gasteiger partial charge in [-0.15, -0.1) is 0 Å². The first kappa shape index (κ1) is 30.3. The first-order chi connectivity index (χ1) is 17.9. The zero-order valence-corrected chi connectivity index (χ0v) is 21.5. The molecule has 2 aromatic rings. The number of rotatable bonds is 14. The van der Waals surface area contributed by atoms with Crippen molar-refractivity contribution < 1.29 is 34.5 Å². The summed E-state index contributed by atoms with van der Waals surface area (Å²) in [6, 6.07) is 1.02. The lowest BCUT2D eigenvalue weighted by atomic mass is 9.98. The number of amides is 3. The van der Waals surface area contributed by atoms with Crippen molar-refractivity contribution in [2.24, 2.45) is 11.7 Å². The number of carbonyl (C=O) groups is 4. The van der Waals surface area contributed by atoms with Crippen molar-refractivity contribution >= 4 is 23.7 Å². The lowest BCUT2D eigenvalue weighted by Gasteiger charge is -2.28. The van der Waals surface area contributed by atoms with E-state index in [0.717, 1.165) is 0 Å². The molecule has 0 fully saturated rings. The number of aromatic hydroxyl groups is 1. The largest absolute Gasteiger partial charge is 0.508 e. The molecule has 0 bridgehead atoms. The van der Waals surface area contributed by atoms with Gasteiger partial charge < -0.3 is 42.0 Å². The maximum atomic E-state index is 13.3. The Hall–Kier alpha value is -3.97. The van der Waals surface area contributed by atoms with Crippen LogP contribution < -0.4 is 21.7 Å². The molecule has 2 rings (SSSR count). The van der Waals surface area contributed by atoms with Gasteiger partial charge in [0.1, 0.15) is 23.9 Å². The van der Waals surface area contributed by atoms with Gasteiger partial charge in [-0.05, 0) is 30.5 Å². The Morgan fingerprint density at radius 3 is 2.13 bits per heavy atom. The molecule has 0 aliphatic heterocycles. The van der Waals surface area contributed by atoms with Crippen molar-refractivity contribution in [1.29, 1.82) is 0 Å². The minimum atomic E-state index is -1.49. The van der Waals surface area contributed by atoms with E-state index in [0.29, 0.717) is 17.7 Å². The average molecular weight is 533 g/mol. The highest BCUT2D eigenvalue weighted by Crippen LogP contribution is 2.13. The van der Waals surface area contributed by atoms with E-state index in [4.69, 9.17) is 5.73 Å². The number of aromatic amines is 1. The number of H-pyrrole nitrogens is 1. The number of carbonyl (C=O) groups excluding carboxylic acids is 3. The van der Waals surface area contributed by atoms with Gasteiger partial charge in [0.2, 0.25) is 17.7 Å². The van der Waals surface area contributed by atoms with Crippen LogP contribution in [0.1, 0.15) is 38.4 Å².